The molecule has 0 fully saturated rings. The van der Waals surface area contributed by atoms with Gasteiger partial charge in [0.15, 0.2) is 0 Å². The molecule has 2 atom stereocenters. The topological polar surface area (TPSA) is 50.7 Å². The minimum Gasteiger partial charge on any atom is -0.389 e. The van der Waals surface area contributed by atoms with E-state index in [9.17, 15) is 5.11 Å². The maximum Gasteiger partial charge on any atom is 0.0945 e. The fourth-order valence-corrected chi connectivity index (χ4v) is 2.01. The highest BCUT2D eigenvalue weighted by Gasteiger charge is 2.10. The largest absolute Gasteiger partial charge is 0.389 e. The van der Waals surface area contributed by atoms with Crippen molar-refractivity contribution in [2.24, 2.45) is 0 Å². The van der Waals surface area contributed by atoms with Crippen LogP contribution in [-0.2, 0) is 9.47 Å². The fraction of sp³-hybridized carbons (Fsp3) is 0.625. The van der Waals surface area contributed by atoms with Crippen molar-refractivity contribution in [1.82, 2.24) is 0 Å². The number of benzene rings is 1. The van der Waals surface area contributed by atoms with Gasteiger partial charge in [0.05, 0.1) is 25.4 Å². The summed E-state index contributed by atoms with van der Waals surface area (Å²) in [5.74, 6) is 0.453. The third-order valence-corrected chi connectivity index (χ3v) is 3.09. The van der Waals surface area contributed by atoms with Crippen molar-refractivity contribution >= 4 is 5.69 Å². The molecule has 0 bridgehead atoms. The van der Waals surface area contributed by atoms with Crippen molar-refractivity contribution in [3.8, 4) is 0 Å². The third kappa shape index (κ3) is 5.90. The van der Waals surface area contributed by atoms with Crippen molar-refractivity contribution in [1.29, 1.82) is 0 Å². The second-order valence-corrected chi connectivity index (χ2v) is 5.38. The summed E-state index contributed by atoms with van der Waals surface area (Å²) in [4.78, 5) is 0. The molecule has 4 nitrogen and oxygen atoms in total. The van der Waals surface area contributed by atoms with Gasteiger partial charge in [-0.2, -0.15) is 0 Å². The summed E-state index contributed by atoms with van der Waals surface area (Å²) in [5, 5.41) is 13.2. The number of para-hydroxylation sites is 1. The van der Waals surface area contributed by atoms with Gasteiger partial charge >= 0.3 is 0 Å². The van der Waals surface area contributed by atoms with Crippen molar-refractivity contribution in [3.05, 3.63) is 29.8 Å². The lowest BCUT2D eigenvalue weighted by Gasteiger charge is -2.19. The van der Waals surface area contributed by atoms with Gasteiger partial charge in [-0.3, -0.25) is 0 Å². The Morgan fingerprint density at radius 2 is 1.85 bits per heavy atom. The van der Waals surface area contributed by atoms with E-state index in [4.69, 9.17) is 9.47 Å². The molecule has 4 heteroatoms. The van der Waals surface area contributed by atoms with Gasteiger partial charge in [0, 0.05) is 19.3 Å². The number of aliphatic hydroxyl groups is 1. The van der Waals surface area contributed by atoms with E-state index in [0.29, 0.717) is 25.7 Å². The van der Waals surface area contributed by atoms with Gasteiger partial charge < -0.3 is 19.9 Å². The Labute approximate surface area is 122 Å². The van der Waals surface area contributed by atoms with E-state index in [1.165, 1.54) is 5.56 Å². The smallest absolute Gasteiger partial charge is 0.0945 e. The quantitative estimate of drug-likeness (QED) is 0.730. The summed E-state index contributed by atoms with van der Waals surface area (Å²) in [7, 11) is 1.64. The molecule has 1 rings (SSSR count). The van der Waals surface area contributed by atoms with E-state index >= 15 is 0 Å². The second kappa shape index (κ2) is 8.95. The molecule has 0 amide bonds. The molecule has 0 spiro atoms. The molecule has 0 aromatic heterocycles. The lowest BCUT2D eigenvalue weighted by molar-refractivity contribution is -0.0282. The van der Waals surface area contributed by atoms with Gasteiger partial charge in [-0.05, 0) is 24.5 Å². The number of methoxy groups -OCH3 is 1. The molecule has 0 aliphatic heterocycles. The minimum atomic E-state index is -0.533. The van der Waals surface area contributed by atoms with Crippen LogP contribution in [0.5, 0.6) is 0 Å². The summed E-state index contributed by atoms with van der Waals surface area (Å²) < 4.78 is 10.5. The molecule has 114 valence electrons. The Morgan fingerprint density at radius 3 is 2.50 bits per heavy atom. The van der Waals surface area contributed by atoms with Crippen LogP contribution in [0.25, 0.3) is 0 Å². The average molecular weight is 281 g/mol. The highest BCUT2D eigenvalue weighted by atomic mass is 16.5. The molecule has 1 aromatic rings. The number of ether oxygens (including phenoxy) is 2. The van der Waals surface area contributed by atoms with E-state index in [1.807, 2.05) is 25.1 Å². The normalized spacial score (nSPS) is 14.3. The average Bonchev–Trinajstić information content (AvgIpc) is 2.43. The number of rotatable bonds is 9. The van der Waals surface area contributed by atoms with Gasteiger partial charge in [0.1, 0.15) is 0 Å². The standard InChI is InChI=1S/C16H27NO3/c1-12(2)15-7-5-6-8-16(15)17-9-14(18)11-20-13(3)10-19-4/h5-8,12-14,17-18H,9-11H2,1-4H3. The van der Waals surface area contributed by atoms with Crippen LogP contribution in [0.1, 0.15) is 32.3 Å². The Hall–Kier alpha value is -1.10. The number of hydrogen-bond donors (Lipinski definition) is 2. The molecule has 2 N–H and O–H groups in total. The summed E-state index contributed by atoms with van der Waals surface area (Å²) in [6.45, 7) is 7.57. The number of aliphatic hydroxyl groups excluding tert-OH is 1. The zero-order valence-electron chi connectivity index (χ0n) is 12.9. The highest BCUT2D eigenvalue weighted by molar-refractivity contribution is 5.52. The van der Waals surface area contributed by atoms with E-state index in [-0.39, 0.29) is 6.10 Å². The zero-order chi connectivity index (χ0) is 15.0. The van der Waals surface area contributed by atoms with E-state index in [2.05, 4.69) is 25.2 Å². The van der Waals surface area contributed by atoms with E-state index in [1.54, 1.807) is 7.11 Å². The monoisotopic (exact) mass is 281 g/mol. The zero-order valence-corrected chi connectivity index (χ0v) is 12.9. The number of nitrogens with one attached hydrogen (secondary N) is 1. The molecule has 0 aliphatic carbocycles. The van der Waals surface area contributed by atoms with Crippen molar-refractivity contribution < 1.29 is 14.6 Å². The summed E-state index contributed by atoms with van der Waals surface area (Å²) in [6.07, 6.45) is -0.535. The second-order valence-electron chi connectivity index (χ2n) is 5.38. The number of hydrogen-bond acceptors (Lipinski definition) is 4. The van der Waals surface area contributed by atoms with E-state index < -0.39 is 6.10 Å². The van der Waals surface area contributed by atoms with Crippen LogP contribution in [0, 0.1) is 0 Å². The molecular weight excluding hydrogens is 254 g/mol. The maximum atomic E-state index is 9.93. The highest BCUT2D eigenvalue weighted by Crippen LogP contribution is 2.23. The molecule has 0 heterocycles. The first-order chi connectivity index (χ1) is 9.54. The Kier molecular flexibility index (Phi) is 7.59. The number of anilines is 1. The first-order valence-electron chi connectivity index (χ1n) is 7.16. The minimum absolute atomic E-state index is 0.00222. The van der Waals surface area contributed by atoms with Gasteiger partial charge in [-0.1, -0.05) is 32.0 Å². The van der Waals surface area contributed by atoms with Gasteiger partial charge in [0.2, 0.25) is 0 Å². The molecule has 1 aromatic carbocycles. The van der Waals surface area contributed by atoms with Crippen LogP contribution >= 0.6 is 0 Å². The summed E-state index contributed by atoms with van der Waals surface area (Å²) in [6, 6.07) is 8.18. The van der Waals surface area contributed by atoms with Crippen molar-refractivity contribution in [2.75, 3.05) is 32.2 Å². The Morgan fingerprint density at radius 1 is 1.15 bits per heavy atom. The lowest BCUT2D eigenvalue weighted by atomic mass is 10.0. The van der Waals surface area contributed by atoms with E-state index in [0.717, 1.165) is 5.69 Å². The van der Waals surface area contributed by atoms with Gasteiger partial charge in [-0.15, -0.1) is 0 Å². The Bertz CT molecular complexity index is 382. The molecule has 2 unspecified atom stereocenters. The maximum absolute atomic E-state index is 9.93. The fourth-order valence-electron chi connectivity index (χ4n) is 2.01. The van der Waals surface area contributed by atoms with Gasteiger partial charge in [0.25, 0.3) is 0 Å². The Balaban J connectivity index is 2.39. The van der Waals surface area contributed by atoms with Crippen LogP contribution in [0.2, 0.25) is 0 Å². The van der Waals surface area contributed by atoms with Crippen LogP contribution in [0.3, 0.4) is 0 Å². The SMILES string of the molecule is COCC(C)OCC(O)CNc1ccccc1C(C)C. The predicted molar refractivity (Wildman–Crippen MR) is 82.3 cm³/mol. The molecule has 0 radical (unpaired) electrons. The van der Waals surface area contributed by atoms with Crippen LogP contribution < -0.4 is 5.32 Å². The van der Waals surface area contributed by atoms with Gasteiger partial charge in [-0.25, -0.2) is 0 Å². The first kappa shape index (κ1) is 17.0. The molecule has 20 heavy (non-hydrogen) atoms. The molecule has 0 saturated carbocycles. The van der Waals surface area contributed by atoms with Crippen molar-refractivity contribution in [3.63, 3.8) is 0 Å². The molecular formula is C16H27NO3. The van der Waals surface area contributed by atoms with Crippen LogP contribution in [-0.4, -0.2) is 44.2 Å². The predicted octanol–water partition coefficient (Wildman–Crippen LogP) is 2.63. The van der Waals surface area contributed by atoms with Crippen LogP contribution in [0.4, 0.5) is 5.69 Å². The molecule has 0 saturated heterocycles. The summed E-state index contributed by atoms with van der Waals surface area (Å²) in [5.41, 5.74) is 2.33. The van der Waals surface area contributed by atoms with Crippen LogP contribution in [0.15, 0.2) is 24.3 Å². The first-order valence-corrected chi connectivity index (χ1v) is 7.16. The third-order valence-electron chi connectivity index (χ3n) is 3.09. The molecule has 0 aliphatic rings. The summed E-state index contributed by atoms with van der Waals surface area (Å²) >= 11 is 0. The lowest BCUT2D eigenvalue weighted by Crippen LogP contribution is -2.28. The van der Waals surface area contributed by atoms with Crippen molar-refractivity contribution in [2.45, 2.75) is 38.9 Å².